The van der Waals surface area contributed by atoms with Gasteiger partial charge in [0.2, 0.25) is 5.91 Å². The number of hydrogen-bond donors (Lipinski definition) is 1. The van der Waals surface area contributed by atoms with Gasteiger partial charge in [0.25, 0.3) is 0 Å². The Kier molecular flexibility index (Phi) is 6.54. The Bertz CT molecular complexity index is 341. The zero-order chi connectivity index (χ0) is 14.2. The van der Waals surface area contributed by atoms with Crippen LogP contribution in [0.3, 0.4) is 0 Å². The molecule has 0 aromatic rings. The molecule has 1 amide bonds. The van der Waals surface area contributed by atoms with E-state index in [0.29, 0.717) is 6.42 Å². The van der Waals surface area contributed by atoms with E-state index in [1.807, 2.05) is 0 Å². The lowest BCUT2D eigenvalue weighted by atomic mass is 9.97. The number of carbonyl (C=O) groups excluding carboxylic acids is 1. The highest BCUT2D eigenvalue weighted by molar-refractivity contribution is 5.78. The number of morpholine rings is 1. The normalized spacial score (nSPS) is 24.2. The molecule has 20 heavy (non-hydrogen) atoms. The maximum Gasteiger partial charge on any atom is 0.224 e. The maximum absolute atomic E-state index is 11.9. The van der Waals surface area contributed by atoms with Gasteiger partial charge in [-0.05, 0) is 38.6 Å². The first-order valence-electron chi connectivity index (χ1n) is 8.06. The second-order valence-corrected chi connectivity index (χ2v) is 5.81. The van der Waals surface area contributed by atoms with Gasteiger partial charge in [0.15, 0.2) is 0 Å². The van der Waals surface area contributed by atoms with Gasteiger partial charge in [-0.15, -0.1) is 0 Å². The summed E-state index contributed by atoms with van der Waals surface area (Å²) in [5.74, 6) is 0.168. The molecule has 1 atom stereocenters. The summed E-state index contributed by atoms with van der Waals surface area (Å²) in [4.78, 5) is 14.3. The number of amides is 1. The van der Waals surface area contributed by atoms with Crippen LogP contribution in [-0.4, -0.2) is 49.7 Å². The van der Waals surface area contributed by atoms with E-state index >= 15 is 0 Å². The molecular weight excluding hydrogens is 252 g/mol. The molecule has 1 aliphatic carbocycles. The number of carbonyl (C=O) groups is 1. The van der Waals surface area contributed by atoms with Crippen LogP contribution < -0.4 is 5.32 Å². The molecule has 1 aliphatic heterocycles. The lowest BCUT2D eigenvalue weighted by Gasteiger charge is -2.32. The van der Waals surface area contributed by atoms with Crippen LogP contribution in [0.4, 0.5) is 0 Å². The number of allylic oxidation sites excluding steroid dienone is 1. The summed E-state index contributed by atoms with van der Waals surface area (Å²) in [6.45, 7) is 6.85. The molecule has 1 unspecified atom stereocenters. The molecule has 2 aliphatic rings. The molecule has 0 spiro atoms. The number of nitrogens with zero attached hydrogens (tertiary/aromatic N) is 1. The highest BCUT2D eigenvalue weighted by atomic mass is 16.5. The average molecular weight is 280 g/mol. The maximum atomic E-state index is 11.9. The van der Waals surface area contributed by atoms with E-state index < -0.39 is 0 Å². The van der Waals surface area contributed by atoms with Crippen molar-refractivity contribution < 1.29 is 9.53 Å². The SMILES string of the molecule is CCN1CCOC(CCNC(=O)CC2=CCCCC2)C1. The van der Waals surface area contributed by atoms with Crippen molar-refractivity contribution in [1.82, 2.24) is 10.2 Å². The van der Waals surface area contributed by atoms with Gasteiger partial charge in [0.1, 0.15) is 0 Å². The van der Waals surface area contributed by atoms with E-state index in [4.69, 9.17) is 4.74 Å². The van der Waals surface area contributed by atoms with Crippen LogP contribution in [-0.2, 0) is 9.53 Å². The number of rotatable bonds is 6. The lowest BCUT2D eigenvalue weighted by molar-refractivity contribution is -0.120. The number of nitrogens with one attached hydrogen (secondary N) is 1. The molecule has 4 nitrogen and oxygen atoms in total. The number of likely N-dealkylation sites (N-methyl/N-ethyl adjacent to an activating group) is 1. The fraction of sp³-hybridized carbons (Fsp3) is 0.812. The predicted molar refractivity (Wildman–Crippen MR) is 80.6 cm³/mol. The zero-order valence-electron chi connectivity index (χ0n) is 12.7. The Balaban J connectivity index is 1.60. The summed E-state index contributed by atoms with van der Waals surface area (Å²) in [6, 6.07) is 0. The summed E-state index contributed by atoms with van der Waals surface area (Å²) in [7, 11) is 0. The van der Waals surface area contributed by atoms with E-state index in [2.05, 4.69) is 23.2 Å². The second-order valence-electron chi connectivity index (χ2n) is 5.81. The average Bonchev–Trinajstić information content (AvgIpc) is 2.48. The molecule has 1 fully saturated rings. The smallest absolute Gasteiger partial charge is 0.224 e. The van der Waals surface area contributed by atoms with Crippen LogP contribution in [0.5, 0.6) is 0 Å². The third-order valence-corrected chi connectivity index (χ3v) is 4.23. The molecule has 1 heterocycles. The largest absolute Gasteiger partial charge is 0.375 e. The minimum Gasteiger partial charge on any atom is -0.375 e. The first-order chi connectivity index (χ1) is 9.78. The van der Waals surface area contributed by atoms with E-state index in [-0.39, 0.29) is 12.0 Å². The van der Waals surface area contributed by atoms with Gasteiger partial charge in [0, 0.05) is 26.1 Å². The van der Waals surface area contributed by atoms with Gasteiger partial charge in [-0.3, -0.25) is 9.69 Å². The van der Waals surface area contributed by atoms with Crippen molar-refractivity contribution >= 4 is 5.91 Å². The fourth-order valence-corrected chi connectivity index (χ4v) is 2.95. The molecule has 1 N–H and O–H groups in total. The first kappa shape index (κ1) is 15.5. The number of hydrogen-bond acceptors (Lipinski definition) is 3. The van der Waals surface area contributed by atoms with Crippen LogP contribution in [0.2, 0.25) is 0 Å². The van der Waals surface area contributed by atoms with Crippen LogP contribution in [0.1, 0.15) is 45.4 Å². The Labute approximate surface area is 122 Å². The summed E-state index contributed by atoms with van der Waals surface area (Å²) in [5, 5.41) is 3.03. The van der Waals surface area contributed by atoms with Crippen molar-refractivity contribution in [3.8, 4) is 0 Å². The standard InChI is InChI=1S/C16H28N2O2/c1-2-18-10-11-20-15(13-18)8-9-17-16(19)12-14-6-4-3-5-7-14/h6,15H,2-5,7-13H2,1H3,(H,17,19). The number of ether oxygens (including phenoxy) is 1. The summed E-state index contributed by atoms with van der Waals surface area (Å²) in [6.07, 6.45) is 8.79. The topological polar surface area (TPSA) is 41.6 Å². The van der Waals surface area contributed by atoms with Crippen LogP contribution in [0, 0.1) is 0 Å². The van der Waals surface area contributed by atoms with Crippen molar-refractivity contribution in [3.63, 3.8) is 0 Å². The highest BCUT2D eigenvalue weighted by Crippen LogP contribution is 2.19. The third kappa shape index (κ3) is 5.25. The van der Waals surface area contributed by atoms with Gasteiger partial charge >= 0.3 is 0 Å². The Morgan fingerprint density at radius 1 is 1.50 bits per heavy atom. The molecule has 114 valence electrons. The van der Waals surface area contributed by atoms with Crippen molar-refractivity contribution in [2.24, 2.45) is 0 Å². The minimum absolute atomic E-state index is 0.168. The molecule has 4 heteroatoms. The van der Waals surface area contributed by atoms with Gasteiger partial charge in [-0.1, -0.05) is 18.6 Å². The van der Waals surface area contributed by atoms with E-state index in [0.717, 1.165) is 52.0 Å². The molecule has 2 rings (SSSR count). The van der Waals surface area contributed by atoms with E-state index in [1.165, 1.54) is 18.4 Å². The third-order valence-electron chi connectivity index (χ3n) is 4.23. The van der Waals surface area contributed by atoms with Gasteiger partial charge < -0.3 is 10.1 Å². The van der Waals surface area contributed by atoms with Crippen molar-refractivity contribution in [3.05, 3.63) is 11.6 Å². The Morgan fingerprint density at radius 2 is 2.40 bits per heavy atom. The van der Waals surface area contributed by atoms with Crippen molar-refractivity contribution in [2.45, 2.75) is 51.6 Å². The van der Waals surface area contributed by atoms with Crippen LogP contribution in [0.25, 0.3) is 0 Å². The summed E-state index contributed by atoms with van der Waals surface area (Å²) in [5.41, 5.74) is 1.32. The predicted octanol–water partition coefficient (Wildman–Crippen LogP) is 2.10. The summed E-state index contributed by atoms with van der Waals surface area (Å²) < 4.78 is 5.74. The van der Waals surface area contributed by atoms with Crippen molar-refractivity contribution in [2.75, 3.05) is 32.8 Å². The van der Waals surface area contributed by atoms with Crippen LogP contribution >= 0.6 is 0 Å². The first-order valence-corrected chi connectivity index (χ1v) is 8.06. The molecule has 0 aromatic heterocycles. The lowest BCUT2D eigenvalue weighted by Crippen LogP contribution is -2.43. The Morgan fingerprint density at radius 3 is 3.15 bits per heavy atom. The quantitative estimate of drug-likeness (QED) is 0.758. The van der Waals surface area contributed by atoms with Gasteiger partial charge in [-0.2, -0.15) is 0 Å². The minimum atomic E-state index is 0.168. The summed E-state index contributed by atoms with van der Waals surface area (Å²) >= 11 is 0. The van der Waals surface area contributed by atoms with Gasteiger partial charge in [0.05, 0.1) is 12.7 Å². The monoisotopic (exact) mass is 280 g/mol. The Hall–Kier alpha value is -0.870. The fourth-order valence-electron chi connectivity index (χ4n) is 2.95. The second kappa shape index (κ2) is 8.42. The molecule has 0 saturated carbocycles. The molecule has 1 saturated heterocycles. The molecular formula is C16H28N2O2. The van der Waals surface area contributed by atoms with Gasteiger partial charge in [-0.25, -0.2) is 0 Å². The highest BCUT2D eigenvalue weighted by Gasteiger charge is 2.19. The zero-order valence-corrected chi connectivity index (χ0v) is 12.7. The van der Waals surface area contributed by atoms with Crippen LogP contribution in [0.15, 0.2) is 11.6 Å². The molecule has 0 aromatic carbocycles. The molecule has 0 radical (unpaired) electrons. The van der Waals surface area contributed by atoms with E-state index in [1.54, 1.807) is 0 Å². The molecule has 0 bridgehead atoms. The van der Waals surface area contributed by atoms with E-state index in [9.17, 15) is 4.79 Å². The van der Waals surface area contributed by atoms with Crippen molar-refractivity contribution in [1.29, 1.82) is 0 Å².